The van der Waals surface area contributed by atoms with Gasteiger partial charge in [0, 0.05) is 23.2 Å². The van der Waals surface area contributed by atoms with E-state index in [-0.39, 0.29) is 11.4 Å². The number of halogens is 4. The molecule has 0 radical (unpaired) electrons. The number of nitrogens with one attached hydrogen (secondary N) is 1. The molecule has 0 saturated carbocycles. The van der Waals surface area contributed by atoms with E-state index in [2.05, 4.69) is 20.6 Å². The molecule has 0 fully saturated rings. The zero-order chi connectivity index (χ0) is 20.3. The summed E-state index contributed by atoms with van der Waals surface area (Å²) in [5.41, 5.74) is 1.68. The van der Waals surface area contributed by atoms with Crippen LogP contribution in [0.3, 0.4) is 0 Å². The van der Waals surface area contributed by atoms with Crippen molar-refractivity contribution < 1.29 is 18.0 Å². The number of alkyl halides is 3. The predicted octanol–water partition coefficient (Wildman–Crippen LogP) is 3.99. The Hall–Kier alpha value is -3.20. The van der Waals surface area contributed by atoms with Gasteiger partial charge in [-0.1, -0.05) is 48.0 Å². The number of amides is 1. The normalized spacial score (nSPS) is 11.2. The molecule has 0 unspecified atom stereocenters. The SMILES string of the molecule is CN(NC(=O)c1cccc(Cl)c1)c1nc(-c2ccccc2)nnc1C(F)(F)F. The molecule has 144 valence electrons. The third kappa shape index (κ3) is 4.37. The van der Waals surface area contributed by atoms with Crippen LogP contribution in [-0.4, -0.2) is 28.1 Å². The maximum atomic E-state index is 13.4. The summed E-state index contributed by atoms with van der Waals surface area (Å²) in [6, 6.07) is 14.4. The van der Waals surface area contributed by atoms with E-state index in [0.717, 1.165) is 5.01 Å². The van der Waals surface area contributed by atoms with Gasteiger partial charge in [0.05, 0.1) is 0 Å². The van der Waals surface area contributed by atoms with Crippen molar-refractivity contribution >= 4 is 23.3 Å². The average Bonchev–Trinajstić information content (AvgIpc) is 2.67. The molecule has 2 aromatic carbocycles. The number of anilines is 1. The highest BCUT2D eigenvalue weighted by Crippen LogP contribution is 2.33. The number of benzene rings is 2. The number of aromatic nitrogens is 3. The third-order valence-electron chi connectivity index (χ3n) is 3.64. The first-order valence-corrected chi connectivity index (χ1v) is 8.31. The van der Waals surface area contributed by atoms with Crippen LogP contribution in [0.5, 0.6) is 0 Å². The molecule has 3 rings (SSSR count). The van der Waals surface area contributed by atoms with Crippen LogP contribution in [0, 0.1) is 0 Å². The zero-order valence-electron chi connectivity index (χ0n) is 14.4. The molecule has 10 heteroatoms. The largest absolute Gasteiger partial charge is 0.438 e. The lowest BCUT2D eigenvalue weighted by Crippen LogP contribution is -2.41. The molecule has 0 aliphatic heterocycles. The Morgan fingerprint density at radius 2 is 1.79 bits per heavy atom. The molecule has 0 atom stereocenters. The molecule has 1 aromatic heterocycles. The topological polar surface area (TPSA) is 71.0 Å². The molecule has 1 heterocycles. The van der Waals surface area contributed by atoms with Crippen LogP contribution in [0.1, 0.15) is 16.1 Å². The molecular formula is C18H13ClF3N5O. The smallest absolute Gasteiger partial charge is 0.269 e. The Morgan fingerprint density at radius 3 is 2.43 bits per heavy atom. The van der Waals surface area contributed by atoms with Gasteiger partial charge >= 0.3 is 6.18 Å². The van der Waals surface area contributed by atoms with Gasteiger partial charge in [0.25, 0.3) is 5.91 Å². The molecule has 6 nitrogen and oxygen atoms in total. The van der Waals surface area contributed by atoms with Gasteiger partial charge in [0.15, 0.2) is 11.6 Å². The summed E-state index contributed by atoms with van der Waals surface area (Å²) < 4.78 is 40.1. The fourth-order valence-corrected chi connectivity index (χ4v) is 2.53. The standard InChI is InChI=1S/C18H13ClF3N5O/c1-27(26-17(28)12-8-5-9-13(19)10-12)16-14(18(20,21)22)24-25-15(23-16)11-6-3-2-4-7-11/h2-10H,1H3,(H,26,28). The van der Waals surface area contributed by atoms with Crippen LogP contribution in [0.4, 0.5) is 19.0 Å². The lowest BCUT2D eigenvalue weighted by atomic mass is 10.2. The van der Waals surface area contributed by atoms with E-state index in [1.807, 2.05) is 0 Å². The van der Waals surface area contributed by atoms with Gasteiger partial charge < -0.3 is 0 Å². The Morgan fingerprint density at radius 1 is 1.07 bits per heavy atom. The Balaban J connectivity index is 1.96. The van der Waals surface area contributed by atoms with Crippen LogP contribution >= 0.6 is 11.6 Å². The summed E-state index contributed by atoms with van der Waals surface area (Å²) in [5.74, 6) is -1.25. The molecule has 28 heavy (non-hydrogen) atoms. The lowest BCUT2D eigenvalue weighted by molar-refractivity contribution is -0.141. The van der Waals surface area contributed by atoms with Gasteiger partial charge in [-0.2, -0.15) is 13.2 Å². The average molecular weight is 408 g/mol. The summed E-state index contributed by atoms with van der Waals surface area (Å²) in [6.45, 7) is 0. The monoisotopic (exact) mass is 407 g/mol. The van der Waals surface area contributed by atoms with Gasteiger partial charge in [-0.3, -0.25) is 15.2 Å². The minimum absolute atomic E-state index is 0.00699. The van der Waals surface area contributed by atoms with Gasteiger partial charge in [0.1, 0.15) is 0 Å². The van der Waals surface area contributed by atoms with E-state index < -0.39 is 23.6 Å². The van der Waals surface area contributed by atoms with Crippen LogP contribution in [0.15, 0.2) is 54.6 Å². The van der Waals surface area contributed by atoms with Crippen molar-refractivity contribution in [1.82, 2.24) is 20.6 Å². The Kier molecular flexibility index (Phi) is 5.46. The second kappa shape index (κ2) is 7.81. The van der Waals surface area contributed by atoms with Gasteiger partial charge in [0.2, 0.25) is 5.69 Å². The van der Waals surface area contributed by atoms with Crippen LogP contribution in [0.2, 0.25) is 5.02 Å². The van der Waals surface area contributed by atoms with E-state index >= 15 is 0 Å². The van der Waals surface area contributed by atoms with Crippen LogP contribution in [-0.2, 0) is 6.18 Å². The predicted molar refractivity (Wildman–Crippen MR) is 97.6 cm³/mol. The maximum Gasteiger partial charge on any atom is 0.438 e. The quantitative estimate of drug-likeness (QED) is 0.662. The van der Waals surface area contributed by atoms with Gasteiger partial charge in [-0.05, 0) is 18.2 Å². The number of carbonyl (C=O) groups excluding carboxylic acids is 1. The van der Waals surface area contributed by atoms with Crippen molar-refractivity contribution in [3.8, 4) is 11.4 Å². The van der Waals surface area contributed by atoms with Crippen molar-refractivity contribution in [3.63, 3.8) is 0 Å². The molecule has 0 spiro atoms. The minimum atomic E-state index is -4.81. The first kappa shape index (κ1) is 19.6. The number of hydrogen-bond donors (Lipinski definition) is 1. The molecular weight excluding hydrogens is 395 g/mol. The lowest BCUT2D eigenvalue weighted by Gasteiger charge is -2.22. The van der Waals surface area contributed by atoms with Crippen molar-refractivity contribution in [2.24, 2.45) is 0 Å². The number of hydrazine groups is 1. The van der Waals surface area contributed by atoms with E-state index in [9.17, 15) is 18.0 Å². The summed E-state index contributed by atoms with van der Waals surface area (Å²) in [4.78, 5) is 16.3. The summed E-state index contributed by atoms with van der Waals surface area (Å²) in [5, 5.41) is 8.03. The number of hydrogen-bond acceptors (Lipinski definition) is 5. The van der Waals surface area contributed by atoms with Crippen LogP contribution in [0.25, 0.3) is 11.4 Å². The fourth-order valence-electron chi connectivity index (χ4n) is 2.34. The highest BCUT2D eigenvalue weighted by molar-refractivity contribution is 6.30. The molecule has 1 N–H and O–H groups in total. The maximum absolute atomic E-state index is 13.4. The van der Waals surface area contributed by atoms with Gasteiger partial charge in [-0.25, -0.2) is 4.98 Å². The van der Waals surface area contributed by atoms with E-state index in [0.29, 0.717) is 10.6 Å². The van der Waals surface area contributed by atoms with Crippen molar-refractivity contribution in [1.29, 1.82) is 0 Å². The van der Waals surface area contributed by atoms with E-state index in [4.69, 9.17) is 11.6 Å². The van der Waals surface area contributed by atoms with E-state index in [1.54, 1.807) is 42.5 Å². The molecule has 0 bridgehead atoms. The molecule has 1 amide bonds. The Labute approximate surface area is 163 Å². The molecule has 0 saturated heterocycles. The molecule has 0 aliphatic carbocycles. The first-order valence-electron chi connectivity index (χ1n) is 7.93. The van der Waals surface area contributed by atoms with Crippen LogP contribution < -0.4 is 10.4 Å². The highest BCUT2D eigenvalue weighted by Gasteiger charge is 2.39. The summed E-state index contributed by atoms with van der Waals surface area (Å²) >= 11 is 5.84. The van der Waals surface area contributed by atoms with Crippen molar-refractivity contribution in [2.45, 2.75) is 6.18 Å². The second-order valence-corrected chi connectivity index (χ2v) is 6.12. The molecule has 0 aliphatic rings. The minimum Gasteiger partial charge on any atom is -0.269 e. The van der Waals surface area contributed by atoms with Gasteiger partial charge in [-0.15, -0.1) is 10.2 Å². The Bertz CT molecular complexity index is 998. The second-order valence-electron chi connectivity index (χ2n) is 5.68. The molecule has 3 aromatic rings. The number of nitrogens with zero attached hydrogens (tertiary/aromatic N) is 4. The summed E-state index contributed by atoms with van der Waals surface area (Å²) in [6.07, 6.45) is -4.81. The first-order chi connectivity index (χ1) is 13.3. The summed E-state index contributed by atoms with van der Waals surface area (Å²) in [7, 11) is 1.23. The van der Waals surface area contributed by atoms with Crippen molar-refractivity contribution in [3.05, 3.63) is 70.9 Å². The highest BCUT2D eigenvalue weighted by atomic mass is 35.5. The van der Waals surface area contributed by atoms with E-state index in [1.165, 1.54) is 19.2 Å². The zero-order valence-corrected chi connectivity index (χ0v) is 15.2. The fraction of sp³-hybridized carbons (Fsp3) is 0.111. The number of carbonyl (C=O) groups is 1. The number of rotatable bonds is 4. The van der Waals surface area contributed by atoms with Crippen molar-refractivity contribution in [2.75, 3.05) is 12.1 Å². The third-order valence-corrected chi connectivity index (χ3v) is 3.88.